The lowest BCUT2D eigenvalue weighted by atomic mass is 10.1. The predicted molar refractivity (Wildman–Crippen MR) is 71.7 cm³/mol. The number of hydrogen-bond acceptors (Lipinski definition) is 2. The van der Waals surface area contributed by atoms with E-state index in [0.29, 0.717) is 0 Å². The van der Waals surface area contributed by atoms with E-state index < -0.39 is 0 Å². The van der Waals surface area contributed by atoms with Crippen molar-refractivity contribution in [3.05, 3.63) is 0 Å². The van der Waals surface area contributed by atoms with Gasteiger partial charge in [0.05, 0.1) is 0 Å². The molecule has 15 heavy (non-hydrogen) atoms. The molecule has 90 valence electrons. The first kappa shape index (κ1) is 13.4. The van der Waals surface area contributed by atoms with Gasteiger partial charge in [-0.25, -0.2) is 0 Å². The highest BCUT2D eigenvalue weighted by Crippen LogP contribution is 2.26. The predicted octanol–water partition coefficient (Wildman–Crippen LogP) is 3.83. The molecule has 0 aliphatic carbocycles. The highest BCUT2D eigenvalue weighted by molar-refractivity contribution is 8.00. The lowest BCUT2D eigenvalue weighted by Crippen LogP contribution is -2.36. The summed E-state index contributed by atoms with van der Waals surface area (Å²) in [5.74, 6) is 1.32. The molecule has 1 rings (SSSR count). The van der Waals surface area contributed by atoms with Crippen LogP contribution in [0.25, 0.3) is 0 Å². The number of hydrogen-bond donors (Lipinski definition) is 1. The molecule has 3 atom stereocenters. The Labute approximate surface area is 99.8 Å². The van der Waals surface area contributed by atoms with Gasteiger partial charge in [0.2, 0.25) is 0 Å². The van der Waals surface area contributed by atoms with Gasteiger partial charge >= 0.3 is 0 Å². The minimum atomic E-state index is 0.720. The molecule has 0 bridgehead atoms. The lowest BCUT2D eigenvalue weighted by Gasteiger charge is -2.18. The molecule has 1 aliphatic heterocycles. The molecule has 0 aromatic heterocycles. The molecule has 0 radical (unpaired) electrons. The Balaban J connectivity index is 2.00. The molecule has 1 saturated heterocycles. The number of thioether (sulfide) groups is 1. The molecule has 1 nitrogen and oxygen atoms in total. The van der Waals surface area contributed by atoms with Crippen LogP contribution in [0.1, 0.15) is 59.3 Å². The molecule has 1 heterocycles. The van der Waals surface area contributed by atoms with E-state index in [1.165, 1.54) is 44.3 Å². The van der Waals surface area contributed by atoms with Gasteiger partial charge < -0.3 is 5.32 Å². The summed E-state index contributed by atoms with van der Waals surface area (Å²) in [5.41, 5.74) is 0. The highest BCUT2D eigenvalue weighted by atomic mass is 32.2. The Bertz CT molecular complexity index is 161. The lowest BCUT2D eigenvalue weighted by molar-refractivity contribution is 0.427. The third-order valence-electron chi connectivity index (χ3n) is 3.21. The molecular formula is C13H27NS. The van der Waals surface area contributed by atoms with E-state index in [2.05, 4.69) is 37.8 Å². The van der Waals surface area contributed by atoms with Crippen LogP contribution in [-0.4, -0.2) is 23.1 Å². The second kappa shape index (κ2) is 7.56. The normalized spacial score (nSPS) is 28.2. The van der Waals surface area contributed by atoms with Gasteiger partial charge in [0.15, 0.2) is 0 Å². The molecule has 1 N–H and O–H groups in total. The Morgan fingerprint density at radius 3 is 2.73 bits per heavy atom. The summed E-state index contributed by atoms with van der Waals surface area (Å²) in [6.45, 7) is 6.97. The van der Waals surface area contributed by atoms with Gasteiger partial charge in [-0.15, -0.1) is 0 Å². The maximum absolute atomic E-state index is 3.77. The summed E-state index contributed by atoms with van der Waals surface area (Å²) in [6, 6.07) is 1.50. The van der Waals surface area contributed by atoms with Crippen LogP contribution in [0, 0.1) is 0 Å². The summed E-state index contributed by atoms with van der Waals surface area (Å²) >= 11 is 2.12. The fraction of sp³-hybridized carbons (Fsp3) is 1.00. The maximum atomic E-state index is 3.77. The Morgan fingerprint density at radius 1 is 1.33 bits per heavy atom. The fourth-order valence-electron chi connectivity index (χ4n) is 2.30. The van der Waals surface area contributed by atoms with E-state index in [1.807, 2.05) is 0 Å². The second-order valence-corrected chi connectivity index (χ2v) is 6.47. The van der Waals surface area contributed by atoms with Crippen molar-refractivity contribution in [2.75, 3.05) is 5.75 Å². The average Bonchev–Trinajstić information content (AvgIpc) is 2.59. The van der Waals surface area contributed by atoms with Gasteiger partial charge in [-0.1, -0.05) is 39.5 Å². The summed E-state index contributed by atoms with van der Waals surface area (Å²) in [6.07, 6.45) is 8.29. The molecule has 0 amide bonds. The van der Waals surface area contributed by atoms with Crippen LogP contribution in [0.5, 0.6) is 0 Å². The standard InChI is InChI=1S/C13H27NS/c1-4-5-6-7-8-11(2)14-13-9-12(3)15-10-13/h11-14H,4-10H2,1-3H3. The van der Waals surface area contributed by atoms with Crippen LogP contribution < -0.4 is 5.32 Å². The minimum absolute atomic E-state index is 0.720. The molecule has 0 aromatic rings. The molecule has 0 aromatic carbocycles. The van der Waals surface area contributed by atoms with Crippen LogP contribution >= 0.6 is 11.8 Å². The van der Waals surface area contributed by atoms with Crippen molar-refractivity contribution in [3.63, 3.8) is 0 Å². The summed E-state index contributed by atoms with van der Waals surface area (Å²) in [7, 11) is 0. The largest absolute Gasteiger partial charge is 0.311 e. The maximum Gasteiger partial charge on any atom is 0.0171 e. The fourth-order valence-corrected chi connectivity index (χ4v) is 3.46. The molecule has 0 spiro atoms. The van der Waals surface area contributed by atoms with Crippen molar-refractivity contribution in [1.82, 2.24) is 5.32 Å². The summed E-state index contributed by atoms with van der Waals surface area (Å²) in [4.78, 5) is 0. The van der Waals surface area contributed by atoms with Gasteiger partial charge in [-0.3, -0.25) is 0 Å². The second-order valence-electron chi connectivity index (χ2n) is 4.99. The van der Waals surface area contributed by atoms with Crippen molar-refractivity contribution < 1.29 is 0 Å². The van der Waals surface area contributed by atoms with Gasteiger partial charge in [0.1, 0.15) is 0 Å². The SMILES string of the molecule is CCCCCCC(C)NC1CSC(C)C1. The van der Waals surface area contributed by atoms with Gasteiger partial charge in [0, 0.05) is 23.1 Å². The zero-order chi connectivity index (χ0) is 11.1. The number of nitrogens with one attached hydrogen (secondary N) is 1. The topological polar surface area (TPSA) is 12.0 Å². The average molecular weight is 229 g/mol. The molecule has 2 heteroatoms. The first-order chi connectivity index (χ1) is 7.22. The van der Waals surface area contributed by atoms with Gasteiger partial charge in [-0.2, -0.15) is 11.8 Å². The molecule has 3 unspecified atom stereocenters. The van der Waals surface area contributed by atoms with E-state index in [0.717, 1.165) is 17.3 Å². The monoisotopic (exact) mass is 229 g/mol. The van der Waals surface area contributed by atoms with Crippen LogP contribution in [-0.2, 0) is 0 Å². The Kier molecular flexibility index (Phi) is 6.74. The summed E-state index contributed by atoms with van der Waals surface area (Å²) < 4.78 is 0. The Morgan fingerprint density at radius 2 is 2.13 bits per heavy atom. The van der Waals surface area contributed by atoms with Crippen molar-refractivity contribution in [1.29, 1.82) is 0 Å². The van der Waals surface area contributed by atoms with E-state index in [9.17, 15) is 0 Å². The van der Waals surface area contributed by atoms with Crippen LogP contribution in [0.2, 0.25) is 0 Å². The smallest absolute Gasteiger partial charge is 0.0171 e. The van der Waals surface area contributed by atoms with Crippen LogP contribution in [0.15, 0.2) is 0 Å². The molecule has 1 fully saturated rings. The van der Waals surface area contributed by atoms with E-state index >= 15 is 0 Å². The molecule has 0 saturated carbocycles. The highest BCUT2D eigenvalue weighted by Gasteiger charge is 2.22. The van der Waals surface area contributed by atoms with E-state index in [1.54, 1.807) is 0 Å². The Hall–Kier alpha value is 0.310. The summed E-state index contributed by atoms with van der Waals surface area (Å²) in [5, 5.41) is 4.64. The molecular weight excluding hydrogens is 202 g/mol. The quantitative estimate of drug-likeness (QED) is 0.666. The zero-order valence-corrected chi connectivity index (χ0v) is 11.4. The first-order valence-corrected chi connectivity index (χ1v) is 7.65. The minimum Gasteiger partial charge on any atom is -0.311 e. The van der Waals surface area contributed by atoms with E-state index in [-0.39, 0.29) is 0 Å². The van der Waals surface area contributed by atoms with Crippen molar-refractivity contribution in [2.24, 2.45) is 0 Å². The van der Waals surface area contributed by atoms with Crippen molar-refractivity contribution in [2.45, 2.75) is 76.6 Å². The zero-order valence-electron chi connectivity index (χ0n) is 10.6. The van der Waals surface area contributed by atoms with Crippen LogP contribution in [0.4, 0.5) is 0 Å². The molecule has 1 aliphatic rings. The number of unbranched alkanes of at least 4 members (excludes halogenated alkanes) is 3. The van der Waals surface area contributed by atoms with Crippen molar-refractivity contribution in [3.8, 4) is 0 Å². The number of rotatable bonds is 7. The van der Waals surface area contributed by atoms with Gasteiger partial charge in [0.25, 0.3) is 0 Å². The van der Waals surface area contributed by atoms with Gasteiger partial charge in [-0.05, 0) is 19.8 Å². The first-order valence-electron chi connectivity index (χ1n) is 6.60. The van der Waals surface area contributed by atoms with Crippen molar-refractivity contribution >= 4 is 11.8 Å². The van der Waals surface area contributed by atoms with E-state index in [4.69, 9.17) is 0 Å². The van der Waals surface area contributed by atoms with Crippen LogP contribution in [0.3, 0.4) is 0 Å². The third-order valence-corrected chi connectivity index (χ3v) is 4.57. The third kappa shape index (κ3) is 5.82.